The van der Waals surface area contributed by atoms with Crippen LogP contribution in [0, 0.1) is 0 Å². The van der Waals surface area contributed by atoms with Gasteiger partial charge in [-0.2, -0.15) is 0 Å². The van der Waals surface area contributed by atoms with Gasteiger partial charge in [0.2, 0.25) is 5.78 Å². The number of nitrogens with zero attached hydrogens (tertiary/aromatic N) is 4. The molecule has 0 amide bonds. The van der Waals surface area contributed by atoms with E-state index in [1.54, 1.807) is 11.3 Å². The monoisotopic (exact) mass is 474 g/mol. The summed E-state index contributed by atoms with van der Waals surface area (Å²) in [5.74, 6) is 0.571. The predicted octanol–water partition coefficient (Wildman–Crippen LogP) is 4.25. The topological polar surface area (TPSA) is 78.5 Å². The van der Waals surface area contributed by atoms with Gasteiger partial charge in [0.25, 0.3) is 5.56 Å². The fourth-order valence-corrected chi connectivity index (χ4v) is 5.51. The Bertz CT molecular complexity index is 1440. The molecule has 2 aromatic carbocycles. The fraction of sp³-hybridized carbons (Fsp3) is 0.308. The molecule has 0 unspecified atom stereocenters. The number of aromatic nitrogens is 4. The van der Waals surface area contributed by atoms with Gasteiger partial charge in [-0.1, -0.05) is 80.2 Å². The average molecular weight is 475 g/mol. The Labute approximate surface area is 201 Å². The summed E-state index contributed by atoms with van der Waals surface area (Å²) in [5, 5.41) is 5.15. The van der Waals surface area contributed by atoms with E-state index in [1.165, 1.54) is 16.4 Å². The van der Waals surface area contributed by atoms with Crippen LogP contribution in [0.3, 0.4) is 0 Å². The number of carbonyl (C=O) groups excluding carboxylic acids is 1. The summed E-state index contributed by atoms with van der Waals surface area (Å²) in [7, 11) is 0. The maximum absolute atomic E-state index is 14.0. The first-order valence-electron chi connectivity index (χ1n) is 11.3. The predicted molar refractivity (Wildman–Crippen MR) is 132 cm³/mol. The maximum atomic E-state index is 14.0. The van der Waals surface area contributed by atoms with E-state index in [4.69, 9.17) is 9.72 Å². The summed E-state index contributed by atoms with van der Waals surface area (Å²) < 4.78 is 8.18. The zero-order valence-corrected chi connectivity index (χ0v) is 20.3. The molecule has 8 heteroatoms. The van der Waals surface area contributed by atoms with Crippen LogP contribution in [-0.2, 0) is 33.7 Å². The minimum Gasteiger partial charge on any atom is -0.465 e. The van der Waals surface area contributed by atoms with Crippen LogP contribution >= 0.6 is 11.8 Å². The van der Waals surface area contributed by atoms with Crippen LogP contribution in [0.1, 0.15) is 37.5 Å². The van der Waals surface area contributed by atoms with Gasteiger partial charge >= 0.3 is 5.97 Å². The fourth-order valence-electron chi connectivity index (χ4n) is 4.57. The van der Waals surface area contributed by atoms with E-state index in [1.807, 2.05) is 48.5 Å². The molecule has 4 aromatic rings. The summed E-state index contributed by atoms with van der Waals surface area (Å²) in [6, 6.07) is 18.1. The van der Waals surface area contributed by atoms with Crippen molar-refractivity contribution < 1.29 is 9.53 Å². The van der Waals surface area contributed by atoms with Gasteiger partial charge in [-0.15, -0.1) is 5.10 Å². The highest BCUT2D eigenvalue weighted by Gasteiger charge is 2.36. The molecule has 2 heterocycles. The van der Waals surface area contributed by atoms with E-state index in [2.05, 4.69) is 25.0 Å². The smallest absolute Gasteiger partial charge is 0.327 e. The second kappa shape index (κ2) is 8.76. The SMILES string of the molecule is CCOC(=O)Cn1nc(SCc2ccccc2)n2c(=O)c3c(nc12)-c1ccccc1CC3(C)C. The molecule has 0 bridgehead atoms. The standard InChI is InChI=1S/C26H26N4O3S/c1-4-33-20(31)15-29-24-27-22-19-13-9-8-12-18(19)14-26(2,3)21(22)23(32)30(24)25(28-29)34-16-17-10-6-5-7-11-17/h5-13H,4,14-16H2,1-3H3. The van der Waals surface area contributed by atoms with Crippen molar-refractivity contribution in [3.05, 3.63) is 81.6 Å². The van der Waals surface area contributed by atoms with Crippen LogP contribution in [0.5, 0.6) is 0 Å². The Morgan fingerprint density at radius 1 is 1.12 bits per heavy atom. The van der Waals surface area contributed by atoms with E-state index >= 15 is 0 Å². The molecule has 0 spiro atoms. The van der Waals surface area contributed by atoms with Crippen LogP contribution in [0.25, 0.3) is 17.0 Å². The van der Waals surface area contributed by atoms with E-state index in [9.17, 15) is 9.59 Å². The third kappa shape index (κ3) is 3.92. The van der Waals surface area contributed by atoms with Crippen molar-refractivity contribution in [1.82, 2.24) is 19.2 Å². The number of hydrogen-bond acceptors (Lipinski definition) is 6. The average Bonchev–Trinajstić information content (AvgIpc) is 3.15. The highest BCUT2D eigenvalue weighted by molar-refractivity contribution is 7.98. The first-order chi connectivity index (χ1) is 16.4. The van der Waals surface area contributed by atoms with Crippen LogP contribution in [0.15, 0.2) is 64.5 Å². The molecular weight excluding hydrogens is 448 g/mol. The number of carbonyl (C=O) groups is 1. The lowest BCUT2D eigenvalue weighted by Gasteiger charge is -2.32. The number of ether oxygens (including phenoxy) is 1. The molecule has 0 saturated carbocycles. The Hall–Kier alpha value is -3.39. The minimum atomic E-state index is -0.417. The van der Waals surface area contributed by atoms with Crippen molar-refractivity contribution in [1.29, 1.82) is 0 Å². The number of thioether (sulfide) groups is 1. The molecule has 0 saturated heterocycles. The number of hydrogen-bond donors (Lipinski definition) is 0. The minimum absolute atomic E-state index is 0.112. The van der Waals surface area contributed by atoms with Gasteiger partial charge in [0.1, 0.15) is 6.54 Å². The van der Waals surface area contributed by atoms with E-state index in [-0.39, 0.29) is 24.1 Å². The number of benzene rings is 2. The third-order valence-corrected chi connectivity index (χ3v) is 7.07. The van der Waals surface area contributed by atoms with E-state index in [0.29, 0.717) is 27.9 Å². The number of rotatable bonds is 6. The Balaban J connectivity index is 1.71. The molecule has 0 radical (unpaired) electrons. The molecule has 5 rings (SSSR count). The number of esters is 1. The molecule has 0 fully saturated rings. The third-order valence-electron chi connectivity index (χ3n) is 6.07. The molecule has 0 aliphatic heterocycles. The molecule has 2 aromatic heterocycles. The second-order valence-corrected chi connectivity index (χ2v) is 9.96. The molecule has 34 heavy (non-hydrogen) atoms. The Kier molecular flexibility index (Phi) is 5.77. The highest BCUT2D eigenvalue weighted by atomic mass is 32.2. The van der Waals surface area contributed by atoms with E-state index in [0.717, 1.165) is 23.1 Å². The van der Waals surface area contributed by atoms with Gasteiger partial charge in [0.15, 0.2) is 5.16 Å². The molecule has 0 N–H and O–H groups in total. The quantitative estimate of drug-likeness (QED) is 0.307. The van der Waals surface area contributed by atoms with Crippen molar-refractivity contribution in [2.24, 2.45) is 0 Å². The van der Waals surface area contributed by atoms with Crippen molar-refractivity contribution in [3.63, 3.8) is 0 Å². The molecule has 1 aliphatic rings. The molecule has 1 aliphatic carbocycles. The van der Waals surface area contributed by atoms with E-state index < -0.39 is 5.97 Å². The van der Waals surface area contributed by atoms with Gasteiger partial charge in [-0.25, -0.2) is 14.1 Å². The Morgan fingerprint density at radius 2 is 1.85 bits per heavy atom. The summed E-state index contributed by atoms with van der Waals surface area (Å²) in [6.07, 6.45) is 0.753. The largest absolute Gasteiger partial charge is 0.465 e. The van der Waals surface area contributed by atoms with Crippen molar-refractivity contribution in [3.8, 4) is 11.3 Å². The number of fused-ring (bicyclic) bond motifs is 4. The highest BCUT2D eigenvalue weighted by Crippen LogP contribution is 2.40. The maximum Gasteiger partial charge on any atom is 0.327 e. The van der Waals surface area contributed by atoms with Crippen LogP contribution in [-0.4, -0.2) is 31.7 Å². The normalized spacial score (nSPS) is 14.0. The summed E-state index contributed by atoms with van der Waals surface area (Å²) >= 11 is 1.45. The lowest BCUT2D eigenvalue weighted by Crippen LogP contribution is -2.36. The van der Waals surface area contributed by atoms with Gasteiger partial charge in [-0.05, 0) is 24.5 Å². The van der Waals surface area contributed by atoms with Gasteiger partial charge in [-0.3, -0.25) is 9.59 Å². The first-order valence-corrected chi connectivity index (χ1v) is 12.3. The van der Waals surface area contributed by atoms with Crippen LogP contribution in [0.2, 0.25) is 0 Å². The first kappa shape index (κ1) is 22.4. The Morgan fingerprint density at radius 3 is 2.62 bits per heavy atom. The van der Waals surface area contributed by atoms with Gasteiger partial charge in [0, 0.05) is 16.7 Å². The van der Waals surface area contributed by atoms with Crippen LogP contribution in [0.4, 0.5) is 0 Å². The summed E-state index contributed by atoms with van der Waals surface area (Å²) in [5.41, 5.74) is 4.06. The lowest BCUT2D eigenvalue weighted by molar-refractivity contribution is -0.143. The summed E-state index contributed by atoms with van der Waals surface area (Å²) in [4.78, 5) is 31.3. The van der Waals surface area contributed by atoms with Gasteiger partial charge in [0.05, 0.1) is 17.9 Å². The summed E-state index contributed by atoms with van der Waals surface area (Å²) in [6.45, 7) is 6.09. The van der Waals surface area contributed by atoms with Gasteiger partial charge < -0.3 is 4.74 Å². The molecule has 174 valence electrons. The molecule has 0 atom stereocenters. The molecular formula is C26H26N4O3S. The second-order valence-electron chi connectivity index (χ2n) is 9.01. The zero-order chi connectivity index (χ0) is 23.9. The zero-order valence-electron chi connectivity index (χ0n) is 19.4. The lowest BCUT2D eigenvalue weighted by atomic mass is 9.72. The van der Waals surface area contributed by atoms with Crippen molar-refractivity contribution >= 4 is 23.5 Å². The van der Waals surface area contributed by atoms with Crippen LogP contribution < -0.4 is 5.56 Å². The van der Waals surface area contributed by atoms with Crippen molar-refractivity contribution in [2.75, 3.05) is 6.61 Å². The van der Waals surface area contributed by atoms with Crippen molar-refractivity contribution in [2.45, 2.75) is 50.1 Å². The molecule has 7 nitrogen and oxygen atoms in total.